The fourth-order valence-electron chi connectivity index (χ4n) is 1.26. The van der Waals surface area contributed by atoms with Gasteiger partial charge in [0.15, 0.2) is 0 Å². The lowest BCUT2D eigenvalue weighted by molar-refractivity contribution is -0.122. The van der Waals surface area contributed by atoms with E-state index in [2.05, 4.69) is 19.2 Å². The van der Waals surface area contributed by atoms with Crippen LogP contribution in [0.5, 0.6) is 0 Å². The Morgan fingerprint density at radius 2 is 2.12 bits per heavy atom. The minimum atomic E-state index is -0.251. The summed E-state index contributed by atoms with van der Waals surface area (Å²) in [6.45, 7) is 8.10. The van der Waals surface area contributed by atoms with Gasteiger partial charge in [-0.1, -0.05) is 6.92 Å². The average molecular weight is 246 g/mol. The Morgan fingerprint density at radius 1 is 1.50 bits per heavy atom. The molecule has 0 aromatic rings. The lowest BCUT2D eigenvalue weighted by Crippen LogP contribution is -2.37. The Kier molecular flexibility index (Phi) is 7.85. The first-order chi connectivity index (χ1) is 7.35. The molecule has 0 rings (SSSR count). The molecule has 0 fully saturated rings. The van der Waals surface area contributed by atoms with Gasteiger partial charge < -0.3 is 11.1 Å². The summed E-state index contributed by atoms with van der Waals surface area (Å²) < 4.78 is 0. The van der Waals surface area contributed by atoms with Crippen LogP contribution in [0.2, 0.25) is 0 Å². The van der Waals surface area contributed by atoms with Gasteiger partial charge in [-0.25, -0.2) is 0 Å². The van der Waals surface area contributed by atoms with Crippen molar-refractivity contribution in [3.8, 4) is 0 Å². The zero-order valence-electron chi connectivity index (χ0n) is 11.0. The predicted octanol–water partition coefficient (Wildman–Crippen LogP) is 2.15. The molecule has 1 amide bonds. The van der Waals surface area contributed by atoms with Gasteiger partial charge in [-0.3, -0.25) is 4.79 Å². The van der Waals surface area contributed by atoms with Gasteiger partial charge in [-0.05, 0) is 45.1 Å². The number of nitrogens with one attached hydrogen (secondary N) is 1. The van der Waals surface area contributed by atoms with Crippen molar-refractivity contribution in [1.82, 2.24) is 5.32 Å². The molecule has 0 heterocycles. The summed E-state index contributed by atoms with van der Waals surface area (Å²) in [5.74, 6) is 2.37. The standard InChI is InChI=1S/C12H26N2OS/c1-5-16-9-7-10(2)14-11(15)6-8-12(3,4)13/h10H,5-9,13H2,1-4H3,(H,14,15). The van der Waals surface area contributed by atoms with Crippen LogP contribution in [-0.2, 0) is 4.79 Å². The maximum Gasteiger partial charge on any atom is 0.220 e. The normalized spacial score (nSPS) is 13.6. The van der Waals surface area contributed by atoms with Crippen molar-refractivity contribution in [1.29, 1.82) is 0 Å². The molecule has 16 heavy (non-hydrogen) atoms. The molecule has 0 bridgehead atoms. The lowest BCUT2D eigenvalue weighted by atomic mass is 10.00. The highest BCUT2D eigenvalue weighted by atomic mass is 32.2. The number of rotatable bonds is 8. The third-order valence-corrected chi connectivity index (χ3v) is 3.24. The monoisotopic (exact) mass is 246 g/mol. The topological polar surface area (TPSA) is 55.1 Å². The van der Waals surface area contributed by atoms with Crippen molar-refractivity contribution in [2.75, 3.05) is 11.5 Å². The molecular formula is C12H26N2OS. The molecule has 0 saturated carbocycles. The number of hydrogen-bond donors (Lipinski definition) is 2. The van der Waals surface area contributed by atoms with Crippen LogP contribution in [0.3, 0.4) is 0 Å². The van der Waals surface area contributed by atoms with E-state index in [0.717, 1.165) is 24.3 Å². The highest BCUT2D eigenvalue weighted by Crippen LogP contribution is 2.08. The molecule has 1 atom stereocenters. The van der Waals surface area contributed by atoms with E-state index in [1.807, 2.05) is 25.6 Å². The van der Waals surface area contributed by atoms with Gasteiger partial charge in [0.25, 0.3) is 0 Å². The highest BCUT2D eigenvalue weighted by molar-refractivity contribution is 7.99. The van der Waals surface area contributed by atoms with Crippen molar-refractivity contribution in [2.45, 2.75) is 58.5 Å². The molecular weight excluding hydrogens is 220 g/mol. The molecule has 0 aliphatic carbocycles. The third-order valence-electron chi connectivity index (χ3n) is 2.30. The highest BCUT2D eigenvalue weighted by Gasteiger charge is 2.14. The van der Waals surface area contributed by atoms with Crippen LogP contribution in [-0.4, -0.2) is 29.0 Å². The maximum atomic E-state index is 11.6. The van der Waals surface area contributed by atoms with Gasteiger partial charge >= 0.3 is 0 Å². The molecule has 96 valence electrons. The second-order valence-electron chi connectivity index (χ2n) is 4.94. The van der Waals surface area contributed by atoms with Gasteiger partial charge in [0.2, 0.25) is 5.91 Å². The Bertz CT molecular complexity index is 202. The molecule has 0 aromatic carbocycles. The molecule has 1 unspecified atom stereocenters. The zero-order valence-corrected chi connectivity index (χ0v) is 11.8. The fraction of sp³-hybridized carbons (Fsp3) is 0.917. The first kappa shape index (κ1) is 15.8. The number of amides is 1. The molecule has 3 N–H and O–H groups in total. The minimum Gasteiger partial charge on any atom is -0.354 e. The Labute approximate surface area is 104 Å². The van der Waals surface area contributed by atoms with Crippen LogP contribution < -0.4 is 11.1 Å². The van der Waals surface area contributed by atoms with E-state index < -0.39 is 0 Å². The first-order valence-electron chi connectivity index (χ1n) is 6.01. The van der Waals surface area contributed by atoms with E-state index in [1.54, 1.807) is 0 Å². The van der Waals surface area contributed by atoms with E-state index >= 15 is 0 Å². The second kappa shape index (κ2) is 7.96. The second-order valence-corrected chi connectivity index (χ2v) is 6.34. The van der Waals surface area contributed by atoms with Crippen LogP contribution >= 0.6 is 11.8 Å². The first-order valence-corrected chi connectivity index (χ1v) is 7.16. The summed E-state index contributed by atoms with van der Waals surface area (Å²) in [6.07, 6.45) is 2.29. The summed E-state index contributed by atoms with van der Waals surface area (Å²) in [6, 6.07) is 0.271. The zero-order chi connectivity index (χ0) is 12.6. The van der Waals surface area contributed by atoms with Crippen LogP contribution in [0.25, 0.3) is 0 Å². The smallest absolute Gasteiger partial charge is 0.220 e. The summed E-state index contributed by atoms with van der Waals surface area (Å²) in [7, 11) is 0. The minimum absolute atomic E-state index is 0.118. The number of thioether (sulfide) groups is 1. The Hall–Kier alpha value is -0.220. The van der Waals surface area contributed by atoms with Crippen molar-refractivity contribution >= 4 is 17.7 Å². The molecule has 3 nitrogen and oxygen atoms in total. The van der Waals surface area contributed by atoms with Gasteiger partial charge in [-0.2, -0.15) is 11.8 Å². The SMILES string of the molecule is CCSCCC(C)NC(=O)CCC(C)(C)N. The molecule has 0 aliphatic heterocycles. The Morgan fingerprint density at radius 3 is 2.62 bits per heavy atom. The van der Waals surface area contributed by atoms with Crippen molar-refractivity contribution in [2.24, 2.45) is 5.73 Å². The van der Waals surface area contributed by atoms with Gasteiger partial charge in [0, 0.05) is 18.0 Å². The van der Waals surface area contributed by atoms with Gasteiger partial charge in [-0.15, -0.1) is 0 Å². The average Bonchev–Trinajstić information content (AvgIpc) is 2.14. The Balaban J connectivity index is 3.62. The largest absolute Gasteiger partial charge is 0.354 e. The lowest BCUT2D eigenvalue weighted by Gasteiger charge is -2.19. The van der Waals surface area contributed by atoms with Gasteiger partial charge in [0.1, 0.15) is 0 Å². The van der Waals surface area contributed by atoms with Crippen LogP contribution in [0, 0.1) is 0 Å². The summed E-state index contributed by atoms with van der Waals surface area (Å²) in [5, 5.41) is 3.00. The molecule has 0 aromatic heterocycles. The molecule has 0 spiro atoms. The fourth-order valence-corrected chi connectivity index (χ4v) is 2.07. The molecule has 0 aliphatic rings. The number of carbonyl (C=O) groups excluding carboxylic acids is 1. The van der Waals surface area contributed by atoms with Crippen molar-refractivity contribution in [3.63, 3.8) is 0 Å². The summed E-state index contributed by atoms with van der Waals surface area (Å²) >= 11 is 1.91. The van der Waals surface area contributed by atoms with E-state index in [-0.39, 0.29) is 17.5 Å². The van der Waals surface area contributed by atoms with E-state index in [4.69, 9.17) is 5.73 Å². The third kappa shape index (κ3) is 10.3. The number of nitrogens with two attached hydrogens (primary N) is 1. The summed E-state index contributed by atoms with van der Waals surface area (Å²) in [4.78, 5) is 11.6. The predicted molar refractivity (Wildman–Crippen MR) is 72.7 cm³/mol. The van der Waals surface area contributed by atoms with E-state index in [9.17, 15) is 4.79 Å². The van der Waals surface area contributed by atoms with Crippen LogP contribution in [0.1, 0.15) is 47.0 Å². The van der Waals surface area contributed by atoms with Gasteiger partial charge in [0.05, 0.1) is 0 Å². The van der Waals surface area contributed by atoms with E-state index in [0.29, 0.717) is 6.42 Å². The molecule has 0 radical (unpaired) electrons. The van der Waals surface area contributed by atoms with Crippen molar-refractivity contribution < 1.29 is 4.79 Å². The quantitative estimate of drug-likeness (QED) is 0.645. The molecule has 0 saturated heterocycles. The van der Waals surface area contributed by atoms with Crippen molar-refractivity contribution in [3.05, 3.63) is 0 Å². The maximum absolute atomic E-state index is 11.6. The summed E-state index contributed by atoms with van der Waals surface area (Å²) in [5.41, 5.74) is 5.58. The van der Waals surface area contributed by atoms with Crippen LogP contribution in [0.15, 0.2) is 0 Å². The number of carbonyl (C=O) groups is 1. The van der Waals surface area contributed by atoms with E-state index in [1.165, 1.54) is 0 Å². The molecule has 4 heteroatoms. The van der Waals surface area contributed by atoms with Crippen LogP contribution in [0.4, 0.5) is 0 Å². The number of hydrogen-bond acceptors (Lipinski definition) is 3.